The average molecular weight is 385 g/mol. The number of nitrogens with zero attached hydrogens (tertiary/aromatic N) is 2. The number of carbonyl (C=O) groups is 2. The van der Waals surface area contributed by atoms with Crippen molar-refractivity contribution in [3.05, 3.63) is 28.8 Å². The first-order valence-corrected chi connectivity index (χ1v) is 9.02. The van der Waals surface area contributed by atoms with Crippen LogP contribution in [0.3, 0.4) is 0 Å². The highest BCUT2D eigenvalue weighted by atomic mass is 35.5. The van der Waals surface area contributed by atoms with Crippen LogP contribution < -0.4 is 4.74 Å². The van der Waals surface area contributed by atoms with Crippen LogP contribution >= 0.6 is 11.6 Å². The number of carboxylic acids is 1. The Balaban J connectivity index is 2.06. The van der Waals surface area contributed by atoms with E-state index in [1.165, 1.54) is 0 Å². The zero-order chi connectivity index (χ0) is 19.1. The summed E-state index contributed by atoms with van der Waals surface area (Å²) in [7, 11) is 1.71. The molecule has 26 heavy (non-hydrogen) atoms. The second-order valence-electron chi connectivity index (χ2n) is 6.32. The predicted octanol–water partition coefficient (Wildman–Crippen LogP) is 1.99. The molecule has 1 saturated heterocycles. The predicted molar refractivity (Wildman–Crippen MR) is 98.0 cm³/mol. The van der Waals surface area contributed by atoms with Crippen LogP contribution in [0.5, 0.6) is 5.75 Å². The second kappa shape index (κ2) is 9.75. The molecule has 0 saturated carbocycles. The van der Waals surface area contributed by atoms with E-state index >= 15 is 0 Å². The van der Waals surface area contributed by atoms with Gasteiger partial charge in [0, 0.05) is 24.7 Å². The van der Waals surface area contributed by atoms with Crippen LogP contribution in [0.2, 0.25) is 5.02 Å². The number of carboxylic acid groups (broad SMARTS) is 1. The standard InChI is InChI=1S/C18H25ClN2O5/c1-3-7-26-16-5-4-13(19)9-15(16)18(24)21-6-8-25-14(11-21)10-20(2)12-17(22)23/h4-5,9,14H,3,6-8,10-12H2,1-2H3,(H,22,23). The summed E-state index contributed by atoms with van der Waals surface area (Å²) in [4.78, 5) is 27.1. The van der Waals surface area contributed by atoms with Crippen LogP contribution in [-0.4, -0.2) is 79.3 Å². The molecule has 1 aliphatic rings. The quantitative estimate of drug-likeness (QED) is 0.738. The lowest BCUT2D eigenvalue weighted by molar-refractivity contribution is -0.138. The molecule has 1 amide bonds. The van der Waals surface area contributed by atoms with E-state index < -0.39 is 5.97 Å². The van der Waals surface area contributed by atoms with E-state index in [-0.39, 0.29) is 18.6 Å². The molecule has 1 heterocycles. The van der Waals surface area contributed by atoms with E-state index in [0.717, 1.165) is 6.42 Å². The lowest BCUT2D eigenvalue weighted by Crippen LogP contribution is -2.49. The van der Waals surface area contributed by atoms with E-state index in [1.807, 2.05) is 6.92 Å². The van der Waals surface area contributed by atoms with E-state index in [4.69, 9.17) is 26.2 Å². The first-order valence-electron chi connectivity index (χ1n) is 8.64. The molecule has 1 fully saturated rings. The van der Waals surface area contributed by atoms with Gasteiger partial charge in [0.05, 0.1) is 31.4 Å². The van der Waals surface area contributed by atoms with Crippen LogP contribution in [-0.2, 0) is 9.53 Å². The number of amides is 1. The number of halogens is 1. The number of likely N-dealkylation sites (N-methyl/N-ethyl adjacent to an activating group) is 1. The number of rotatable bonds is 8. The van der Waals surface area contributed by atoms with Gasteiger partial charge in [-0.1, -0.05) is 18.5 Å². The fourth-order valence-corrected chi connectivity index (χ4v) is 3.01. The van der Waals surface area contributed by atoms with Gasteiger partial charge >= 0.3 is 5.97 Å². The minimum Gasteiger partial charge on any atom is -0.493 e. The molecule has 0 radical (unpaired) electrons. The highest BCUT2D eigenvalue weighted by Crippen LogP contribution is 2.25. The molecule has 1 unspecified atom stereocenters. The summed E-state index contributed by atoms with van der Waals surface area (Å²) in [5.74, 6) is -0.534. The minimum atomic E-state index is -0.895. The largest absolute Gasteiger partial charge is 0.493 e. The van der Waals surface area contributed by atoms with E-state index in [9.17, 15) is 9.59 Å². The van der Waals surface area contributed by atoms with Gasteiger partial charge in [0.15, 0.2) is 0 Å². The second-order valence-corrected chi connectivity index (χ2v) is 6.76. The Hall–Kier alpha value is -1.83. The van der Waals surface area contributed by atoms with Gasteiger partial charge < -0.3 is 19.5 Å². The number of hydrogen-bond donors (Lipinski definition) is 1. The Morgan fingerprint density at radius 1 is 1.46 bits per heavy atom. The van der Waals surface area contributed by atoms with Crippen LogP contribution in [0, 0.1) is 0 Å². The number of aliphatic carboxylic acids is 1. The van der Waals surface area contributed by atoms with E-state index in [0.29, 0.717) is 49.2 Å². The summed E-state index contributed by atoms with van der Waals surface area (Å²) in [5.41, 5.74) is 0.436. The lowest BCUT2D eigenvalue weighted by atomic mass is 10.1. The van der Waals surface area contributed by atoms with Gasteiger partial charge in [-0.05, 0) is 31.7 Å². The van der Waals surface area contributed by atoms with Crippen molar-refractivity contribution in [2.24, 2.45) is 0 Å². The molecular formula is C18H25ClN2O5. The van der Waals surface area contributed by atoms with Crippen molar-refractivity contribution in [3.8, 4) is 5.75 Å². The highest BCUT2D eigenvalue weighted by Gasteiger charge is 2.28. The van der Waals surface area contributed by atoms with Crippen molar-refractivity contribution in [2.45, 2.75) is 19.4 Å². The number of benzene rings is 1. The number of ether oxygens (including phenoxy) is 2. The fraction of sp³-hybridized carbons (Fsp3) is 0.556. The summed E-state index contributed by atoms with van der Waals surface area (Å²) < 4.78 is 11.4. The SMILES string of the molecule is CCCOc1ccc(Cl)cc1C(=O)N1CCOC(CN(C)CC(=O)O)C1. The molecular weight excluding hydrogens is 360 g/mol. The molecule has 1 aromatic rings. The molecule has 0 spiro atoms. The highest BCUT2D eigenvalue weighted by molar-refractivity contribution is 6.31. The third kappa shape index (κ3) is 5.86. The molecule has 1 aromatic carbocycles. The molecule has 1 atom stereocenters. The average Bonchev–Trinajstić information content (AvgIpc) is 2.59. The van der Waals surface area contributed by atoms with Crippen molar-refractivity contribution in [3.63, 3.8) is 0 Å². The first-order chi connectivity index (χ1) is 12.4. The Morgan fingerprint density at radius 2 is 2.23 bits per heavy atom. The fourth-order valence-electron chi connectivity index (χ4n) is 2.83. The molecule has 144 valence electrons. The van der Waals surface area contributed by atoms with Gasteiger partial charge in [-0.25, -0.2) is 0 Å². The van der Waals surface area contributed by atoms with Crippen molar-refractivity contribution in [1.29, 1.82) is 0 Å². The molecule has 7 nitrogen and oxygen atoms in total. The maximum atomic E-state index is 13.0. The van der Waals surface area contributed by atoms with Crippen LogP contribution in [0.25, 0.3) is 0 Å². The normalized spacial score (nSPS) is 17.4. The zero-order valence-electron chi connectivity index (χ0n) is 15.1. The first kappa shape index (κ1) is 20.5. The summed E-state index contributed by atoms with van der Waals surface area (Å²) in [6.07, 6.45) is 0.599. The summed E-state index contributed by atoms with van der Waals surface area (Å²) >= 11 is 6.07. The lowest BCUT2D eigenvalue weighted by Gasteiger charge is -2.34. The number of hydrogen-bond acceptors (Lipinski definition) is 5. The molecule has 1 N–H and O–H groups in total. The van der Waals surface area contributed by atoms with Crippen LogP contribution in [0.1, 0.15) is 23.7 Å². The van der Waals surface area contributed by atoms with Gasteiger partial charge in [-0.2, -0.15) is 0 Å². The van der Waals surface area contributed by atoms with Crippen molar-refractivity contribution >= 4 is 23.5 Å². The number of carbonyl (C=O) groups excluding carboxylic acids is 1. The maximum Gasteiger partial charge on any atom is 0.317 e. The van der Waals surface area contributed by atoms with Gasteiger partial charge in [0.25, 0.3) is 5.91 Å². The number of morpholine rings is 1. The van der Waals surface area contributed by atoms with Gasteiger partial charge in [-0.3, -0.25) is 14.5 Å². The Morgan fingerprint density at radius 3 is 2.92 bits per heavy atom. The van der Waals surface area contributed by atoms with E-state index in [1.54, 1.807) is 35.0 Å². The van der Waals surface area contributed by atoms with Crippen molar-refractivity contribution < 1.29 is 24.2 Å². The Labute approximate surface area is 158 Å². The summed E-state index contributed by atoms with van der Waals surface area (Å²) in [6.45, 7) is 4.15. The third-order valence-corrected chi connectivity index (χ3v) is 4.22. The van der Waals surface area contributed by atoms with Gasteiger partial charge in [0.1, 0.15) is 5.75 Å². The summed E-state index contributed by atoms with van der Waals surface area (Å²) in [5, 5.41) is 9.33. The Kier molecular flexibility index (Phi) is 7.68. The minimum absolute atomic E-state index is 0.0723. The Bertz CT molecular complexity index is 640. The van der Waals surface area contributed by atoms with Crippen LogP contribution in [0.4, 0.5) is 0 Å². The molecule has 0 aliphatic carbocycles. The molecule has 8 heteroatoms. The van der Waals surface area contributed by atoms with Crippen LogP contribution in [0.15, 0.2) is 18.2 Å². The van der Waals surface area contributed by atoms with Gasteiger partial charge in [0.2, 0.25) is 0 Å². The van der Waals surface area contributed by atoms with Crippen molar-refractivity contribution in [2.75, 3.05) is 46.4 Å². The smallest absolute Gasteiger partial charge is 0.317 e. The zero-order valence-corrected chi connectivity index (χ0v) is 15.9. The molecule has 0 aromatic heterocycles. The third-order valence-electron chi connectivity index (χ3n) is 3.98. The maximum absolute atomic E-state index is 13.0. The molecule has 0 bridgehead atoms. The van der Waals surface area contributed by atoms with E-state index in [2.05, 4.69) is 0 Å². The summed E-state index contributed by atoms with van der Waals surface area (Å²) in [6, 6.07) is 5.03. The molecule has 1 aliphatic heterocycles. The van der Waals surface area contributed by atoms with Gasteiger partial charge in [-0.15, -0.1) is 0 Å². The molecule has 2 rings (SSSR count). The van der Waals surface area contributed by atoms with Crippen molar-refractivity contribution in [1.82, 2.24) is 9.80 Å². The topological polar surface area (TPSA) is 79.3 Å². The monoisotopic (exact) mass is 384 g/mol.